The average molecular weight is 279 g/mol. The molecule has 2 aromatic heterocycles. The molecule has 0 spiro atoms. The number of esters is 1. The number of rotatable bonds is 4. The lowest BCUT2D eigenvalue weighted by Crippen LogP contribution is -2.10. The van der Waals surface area contributed by atoms with Crippen LogP contribution in [-0.4, -0.2) is 24.3 Å². The molecule has 2 heterocycles. The number of furan rings is 1. The van der Waals surface area contributed by atoms with Crippen molar-refractivity contribution in [3.8, 4) is 0 Å². The quantitative estimate of drug-likeness (QED) is 0.515. The molecule has 2 aromatic rings. The average Bonchev–Trinajstić information content (AvgIpc) is 2.90. The summed E-state index contributed by atoms with van der Waals surface area (Å²) >= 11 is 0.965. The van der Waals surface area contributed by atoms with Crippen molar-refractivity contribution in [2.24, 2.45) is 5.10 Å². The molecule has 0 saturated carbocycles. The van der Waals surface area contributed by atoms with Gasteiger partial charge in [-0.2, -0.15) is 10.1 Å². The normalized spacial score (nSPS) is 10.6. The van der Waals surface area contributed by atoms with Crippen molar-refractivity contribution >= 4 is 28.7 Å². The molecule has 2 rings (SSSR count). The molecule has 0 aliphatic heterocycles. The number of nitrogens with zero attached hydrogens (tertiary/aromatic N) is 2. The third-order valence-corrected chi connectivity index (χ3v) is 2.84. The van der Waals surface area contributed by atoms with Crippen LogP contribution in [0.3, 0.4) is 0 Å². The Balaban J connectivity index is 2.14. The SMILES string of the molecule is COC(=O)c1cc(=O)nc(N/N=C\c2ccco2)s1. The zero-order chi connectivity index (χ0) is 13.7. The van der Waals surface area contributed by atoms with Gasteiger partial charge in [0.25, 0.3) is 5.56 Å². The predicted octanol–water partition coefficient (Wildman–Crippen LogP) is 1.33. The Hall–Kier alpha value is -2.48. The Morgan fingerprint density at radius 2 is 2.47 bits per heavy atom. The lowest BCUT2D eigenvalue weighted by molar-refractivity contribution is 0.0606. The van der Waals surface area contributed by atoms with E-state index in [9.17, 15) is 9.59 Å². The van der Waals surface area contributed by atoms with E-state index in [-0.39, 0.29) is 10.0 Å². The Kier molecular flexibility index (Phi) is 4.04. The summed E-state index contributed by atoms with van der Waals surface area (Å²) in [7, 11) is 1.24. The van der Waals surface area contributed by atoms with Crippen LogP contribution in [0.2, 0.25) is 0 Å². The van der Waals surface area contributed by atoms with Crippen LogP contribution in [0.5, 0.6) is 0 Å². The van der Waals surface area contributed by atoms with Crippen molar-refractivity contribution in [1.29, 1.82) is 0 Å². The number of hydrazone groups is 1. The largest absolute Gasteiger partial charge is 0.465 e. The van der Waals surface area contributed by atoms with E-state index in [0.29, 0.717) is 5.76 Å². The highest BCUT2D eigenvalue weighted by Crippen LogP contribution is 2.14. The molecule has 8 heteroatoms. The van der Waals surface area contributed by atoms with Gasteiger partial charge in [-0.25, -0.2) is 4.79 Å². The van der Waals surface area contributed by atoms with E-state index < -0.39 is 11.5 Å². The van der Waals surface area contributed by atoms with Gasteiger partial charge in [0.1, 0.15) is 10.6 Å². The Morgan fingerprint density at radius 3 is 3.16 bits per heavy atom. The summed E-state index contributed by atoms with van der Waals surface area (Å²) in [4.78, 5) is 26.4. The number of nitrogens with one attached hydrogen (secondary N) is 1. The minimum atomic E-state index is -0.595. The van der Waals surface area contributed by atoms with Crippen LogP contribution in [0.1, 0.15) is 15.4 Å². The fraction of sp³-hybridized carbons (Fsp3) is 0.0909. The van der Waals surface area contributed by atoms with Crippen LogP contribution < -0.4 is 11.0 Å². The number of hydrogen-bond donors (Lipinski definition) is 1. The molecule has 0 bridgehead atoms. The standard InChI is InChI=1S/C11H9N3O4S/c1-17-10(16)8-5-9(15)13-11(19-8)14-12-6-7-3-2-4-18-7/h2-6H,1H3,(H,13,14,15)/b12-6-. The molecule has 0 aliphatic rings. The van der Waals surface area contributed by atoms with Crippen LogP contribution in [0.25, 0.3) is 0 Å². The van der Waals surface area contributed by atoms with E-state index in [0.717, 1.165) is 17.4 Å². The molecule has 0 amide bonds. The van der Waals surface area contributed by atoms with Crippen molar-refractivity contribution in [3.63, 3.8) is 0 Å². The van der Waals surface area contributed by atoms with E-state index in [1.807, 2.05) is 0 Å². The van der Waals surface area contributed by atoms with Crippen molar-refractivity contribution < 1.29 is 13.9 Å². The molecule has 0 radical (unpaired) electrons. The van der Waals surface area contributed by atoms with Crippen molar-refractivity contribution in [3.05, 3.63) is 45.5 Å². The fourth-order valence-corrected chi connectivity index (χ4v) is 1.93. The van der Waals surface area contributed by atoms with E-state index in [1.54, 1.807) is 12.1 Å². The van der Waals surface area contributed by atoms with E-state index in [1.165, 1.54) is 19.6 Å². The van der Waals surface area contributed by atoms with Gasteiger partial charge in [0, 0.05) is 6.07 Å². The summed E-state index contributed by atoms with van der Waals surface area (Å²) in [5.74, 6) is -0.0495. The van der Waals surface area contributed by atoms with Gasteiger partial charge >= 0.3 is 5.97 Å². The van der Waals surface area contributed by atoms with Gasteiger partial charge < -0.3 is 9.15 Å². The monoisotopic (exact) mass is 279 g/mol. The molecular formula is C11H9N3O4S. The third-order valence-electron chi connectivity index (χ3n) is 1.95. The van der Waals surface area contributed by atoms with E-state index >= 15 is 0 Å². The zero-order valence-corrected chi connectivity index (χ0v) is 10.6. The summed E-state index contributed by atoms with van der Waals surface area (Å²) in [5.41, 5.74) is 2.01. The molecule has 1 N–H and O–H groups in total. The van der Waals surface area contributed by atoms with Gasteiger partial charge in [-0.15, -0.1) is 0 Å². The first-order valence-electron chi connectivity index (χ1n) is 5.12. The zero-order valence-electron chi connectivity index (χ0n) is 9.82. The smallest absolute Gasteiger partial charge is 0.348 e. The molecule has 19 heavy (non-hydrogen) atoms. The van der Waals surface area contributed by atoms with Gasteiger partial charge in [0.05, 0.1) is 19.6 Å². The topological polar surface area (TPSA) is 93.8 Å². The van der Waals surface area contributed by atoms with Gasteiger partial charge in [0.2, 0.25) is 5.13 Å². The minimum Gasteiger partial charge on any atom is -0.465 e. The van der Waals surface area contributed by atoms with Crippen LogP contribution >= 0.6 is 11.3 Å². The summed E-state index contributed by atoms with van der Waals surface area (Å²) in [6.07, 6.45) is 2.93. The lowest BCUT2D eigenvalue weighted by Gasteiger charge is -2.00. The maximum absolute atomic E-state index is 11.3. The van der Waals surface area contributed by atoms with Crippen molar-refractivity contribution in [1.82, 2.24) is 4.98 Å². The van der Waals surface area contributed by atoms with Gasteiger partial charge in [0.15, 0.2) is 0 Å². The molecular weight excluding hydrogens is 270 g/mol. The number of hydrogen-bond acceptors (Lipinski definition) is 8. The molecule has 0 aliphatic carbocycles. The molecule has 0 atom stereocenters. The number of ether oxygens (including phenoxy) is 1. The van der Waals surface area contributed by atoms with Crippen molar-refractivity contribution in [2.75, 3.05) is 12.5 Å². The predicted molar refractivity (Wildman–Crippen MR) is 69.6 cm³/mol. The van der Waals surface area contributed by atoms with Crippen LogP contribution in [0, 0.1) is 0 Å². The van der Waals surface area contributed by atoms with Gasteiger partial charge in [-0.3, -0.25) is 10.2 Å². The second kappa shape index (κ2) is 5.91. The summed E-state index contributed by atoms with van der Waals surface area (Å²) < 4.78 is 9.57. The third kappa shape index (κ3) is 3.49. The van der Waals surface area contributed by atoms with Gasteiger partial charge in [-0.1, -0.05) is 11.3 Å². The second-order valence-corrected chi connectivity index (χ2v) is 4.27. The van der Waals surface area contributed by atoms with E-state index in [4.69, 9.17) is 4.42 Å². The van der Waals surface area contributed by atoms with E-state index in [2.05, 4.69) is 20.2 Å². The Labute approximate surface area is 111 Å². The number of methoxy groups -OCH3 is 1. The van der Waals surface area contributed by atoms with Crippen LogP contribution in [-0.2, 0) is 4.74 Å². The first kappa shape index (κ1) is 13.0. The molecule has 0 unspecified atom stereocenters. The second-order valence-electron chi connectivity index (χ2n) is 3.24. The molecule has 0 aromatic carbocycles. The summed E-state index contributed by atoms with van der Waals surface area (Å²) in [6, 6.07) is 4.54. The molecule has 0 saturated heterocycles. The summed E-state index contributed by atoms with van der Waals surface area (Å²) in [6.45, 7) is 0. The first-order valence-corrected chi connectivity index (χ1v) is 5.94. The summed E-state index contributed by atoms with van der Waals surface area (Å²) in [5, 5.41) is 4.03. The molecule has 98 valence electrons. The number of carbonyl (C=O) groups excluding carboxylic acids is 1. The Morgan fingerprint density at radius 1 is 1.63 bits per heavy atom. The highest BCUT2D eigenvalue weighted by molar-refractivity contribution is 7.17. The lowest BCUT2D eigenvalue weighted by atomic mass is 10.5. The maximum Gasteiger partial charge on any atom is 0.348 e. The van der Waals surface area contributed by atoms with Crippen LogP contribution in [0.4, 0.5) is 5.13 Å². The highest BCUT2D eigenvalue weighted by Gasteiger charge is 2.09. The van der Waals surface area contributed by atoms with Gasteiger partial charge in [-0.05, 0) is 12.1 Å². The van der Waals surface area contributed by atoms with Crippen molar-refractivity contribution in [2.45, 2.75) is 0 Å². The minimum absolute atomic E-state index is 0.151. The number of anilines is 1. The number of aromatic nitrogens is 1. The van der Waals surface area contributed by atoms with Crippen LogP contribution in [0.15, 0.2) is 38.8 Å². The number of carbonyl (C=O) groups is 1. The molecule has 7 nitrogen and oxygen atoms in total. The highest BCUT2D eigenvalue weighted by atomic mass is 32.1. The Bertz CT molecular complexity index is 648. The first-order chi connectivity index (χ1) is 9.19. The molecule has 0 fully saturated rings. The maximum atomic E-state index is 11.3. The fourth-order valence-electron chi connectivity index (χ4n) is 1.17.